The van der Waals surface area contributed by atoms with E-state index in [0.717, 1.165) is 5.57 Å². The first kappa shape index (κ1) is 6.98. The van der Waals surface area contributed by atoms with E-state index in [0.29, 0.717) is 5.76 Å². The monoisotopic (exact) mass is 160 g/mol. The molecule has 2 nitrogen and oxygen atoms in total. The van der Waals surface area contributed by atoms with Crippen LogP contribution in [0.5, 0.6) is 0 Å². The van der Waals surface area contributed by atoms with E-state index in [9.17, 15) is 0 Å². The molecule has 2 aliphatic rings. The van der Waals surface area contributed by atoms with E-state index >= 15 is 0 Å². The van der Waals surface area contributed by atoms with Crippen LogP contribution in [0, 0.1) is 0 Å². The van der Waals surface area contributed by atoms with E-state index in [1.54, 1.807) is 0 Å². The van der Waals surface area contributed by atoms with Crippen LogP contribution in [0.25, 0.3) is 0 Å². The average molecular weight is 160 g/mol. The van der Waals surface area contributed by atoms with Crippen LogP contribution in [0.2, 0.25) is 0 Å². The summed E-state index contributed by atoms with van der Waals surface area (Å²) in [6.45, 7) is 0. The SMILES string of the molecule is OC1=CC=C2C=CC=CC=C2O1. The Balaban J connectivity index is 2.43. The molecule has 0 amide bonds. The molecule has 0 saturated carbocycles. The normalized spacial score (nSPS) is 19.8. The van der Waals surface area contributed by atoms with Crippen LogP contribution in [-0.2, 0) is 4.74 Å². The molecule has 0 spiro atoms. The fourth-order valence-electron chi connectivity index (χ4n) is 1.08. The lowest BCUT2D eigenvalue weighted by molar-refractivity contribution is 0.149. The van der Waals surface area contributed by atoms with Crippen LogP contribution < -0.4 is 0 Å². The van der Waals surface area contributed by atoms with E-state index in [4.69, 9.17) is 9.84 Å². The zero-order valence-electron chi connectivity index (χ0n) is 6.40. The molecule has 2 rings (SSSR count). The Kier molecular flexibility index (Phi) is 1.59. The molecule has 1 aliphatic carbocycles. The Hall–Kier alpha value is -1.70. The van der Waals surface area contributed by atoms with Gasteiger partial charge in [-0.3, -0.25) is 0 Å². The van der Waals surface area contributed by atoms with E-state index in [1.807, 2.05) is 36.5 Å². The summed E-state index contributed by atoms with van der Waals surface area (Å²) in [6, 6.07) is 0. The first-order valence-electron chi connectivity index (χ1n) is 3.70. The van der Waals surface area contributed by atoms with Gasteiger partial charge in [-0.15, -0.1) is 0 Å². The second kappa shape index (κ2) is 2.74. The van der Waals surface area contributed by atoms with Crippen LogP contribution in [0.15, 0.2) is 59.8 Å². The summed E-state index contributed by atoms with van der Waals surface area (Å²) in [5.74, 6) is 0.619. The molecule has 0 aromatic carbocycles. The first-order valence-corrected chi connectivity index (χ1v) is 3.70. The standard InChI is InChI=1S/C10H8O2/c11-10-7-6-8-4-2-1-3-5-9(8)12-10/h1-7,11H. The molecule has 1 N–H and O–H groups in total. The van der Waals surface area contributed by atoms with Crippen molar-refractivity contribution in [2.24, 2.45) is 0 Å². The number of hydrogen-bond acceptors (Lipinski definition) is 2. The van der Waals surface area contributed by atoms with Gasteiger partial charge in [0, 0.05) is 11.6 Å². The Bertz CT molecular complexity index is 341. The van der Waals surface area contributed by atoms with Crippen LogP contribution in [-0.4, -0.2) is 5.11 Å². The second-order valence-corrected chi connectivity index (χ2v) is 2.50. The number of rotatable bonds is 0. The Morgan fingerprint density at radius 3 is 2.83 bits per heavy atom. The van der Waals surface area contributed by atoms with Gasteiger partial charge in [-0.05, 0) is 12.2 Å². The summed E-state index contributed by atoms with van der Waals surface area (Å²) in [4.78, 5) is 0. The van der Waals surface area contributed by atoms with Crippen molar-refractivity contribution in [1.29, 1.82) is 0 Å². The maximum absolute atomic E-state index is 9.05. The molecule has 0 saturated heterocycles. The van der Waals surface area contributed by atoms with Gasteiger partial charge in [0.1, 0.15) is 5.76 Å². The van der Waals surface area contributed by atoms with Gasteiger partial charge >= 0.3 is 0 Å². The van der Waals surface area contributed by atoms with Gasteiger partial charge < -0.3 is 9.84 Å². The lowest BCUT2D eigenvalue weighted by Gasteiger charge is -2.12. The third-order valence-corrected chi connectivity index (χ3v) is 1.65. The van der Waals surface area contributed by atoms with Crippen molar-refractivity contribution in [3.63, 3.8) is 0 Å². The van der Waals surface area contributed by atoms with E-state index in [-0.39, 0.29) is 5.95 Å². The minimum atomic E-state index is -0.0614. The molecule has 0 unspecified atom stereocenters. The zero-order chi connectivity index (χ0) is 8.39. The number of hydrogen-bond donors (Lipinski definition) is 1. The quantitative estimate of drug-likeness (QED) is 0.589. The van der Waals surface area contributed by atoms with E-state index in [2.05, 4.69) is 0 Å². The molecule has 0 aromatic rings. The summed E-state index contributed by atoms with van der Waals surface area (Å²) in [6.07, 6.45) is 12.8. The molecule has 12 heavy (non-hydrogen) atoms. The van der Waals surface area contributed by atoms with E-state index in [1.165, 1.54) is 6.08 Å². The second-order valence-electron chi connectivity index (χ2n) is 2.50. The number of aliphatic hydroxyl groups excluding tert-OH is 1. The highest BCUT2D eigenvalue weighted by molar-refractivity contribution is 5.46. The lowest BCUT2D eigenvalue weighted by Crippen LogP contribution is -1.98. The van der Waals surface area contributed by atoms with Crippen LogP contribution >= 0.6 is 0 Å². The van der Waals surface area contributed by atoms with Gasteiger partial charge in [0.25, 0.3) is 5.95 Å². The predicted octanol–water partition coefficient (Wildman–Crippen LogP) is 2.35. The van der Waals surface area contributed by atoms with Gasteiger partial charge in [0.05, 0.1) is 0 Å². The van der Waals surface area contributed by atoms with Crippen molar-refractivity contribution in [2.75, 3.05) is 0 Å². The molecule has 0 radical (unpaired) electrons. The topological polar surface area (TPSA) is 29.5 Å². The molecular formula is C10H8O2. The van der Waals surface area contributed by atoms with Gasteiger partial charge in [0.15, 0.2) is 0 Å². The van der Waals surface area contributed by atoms with Crippen LogP contribution in [0.4, 0.5) is 0 Å². The average Bonchev–Trinajstić information content (AvgIpc) is 2.28. The zero-order valence-corrected chi connectivity index (χ0v) is 6.40. The van der Waals surface area contributed by atoms with Crippen molar-refractivity contribution in [2.45, 2.75) is 0 Å². The van der Waals surface area contributed by atoms with Crippen LogP contribution in [0.1, 0.15) is 0 Å². The summed E-state index contributed by atoms with van der Waals surface area (Å²) >= 11 is 0. The lowest BCUT2D eigenvalue weighted by atomic mass is 10.1. The van der Waals surface area contributed by atoms with Crippen molar-refractivity contribution >= 4 is 0 Å². The van der Waals surface area contributed by atoms with Crippen molar-refractivity contribution in [3.05, 3.63) is 59.8 Å². The van der Waals surface area contributed by atoms with Gasteiger partial charge in [0.2, 0.25) is 0 Å². The molecule has 0 aromatic heterocycles. The maximum atomic E-state index is 9.05. The largest absolute Gasteiger partial charge is 0.481 e. The van der Waals surface area contributed by atoms with Gasteiger partial charge in [-0.2, -0.15) is 0 Å². The molecule has 2 heteroatoms. The third-order valence-electron chi connectivity index (χ3n) is 1.65. The Morgan fingerprint density at radius 2 is 1.92 bits per heavy atom. The van der Waals surface area contributed by atoms with Gasteiger partial charge in [-0.1, -0.05) is 24.3 Å². The third kappa shape index (κ3) is 1.19. The smallest absolute Gasteiger partial charge is 0.282 e. The number of allylic oxidation sites excluding steroid dienone is 7. The molecular weight excluding hydrogens is 152 g/mol. The summed E-state index contributed by atoms with van der Waals surface area (Å²) in [5, 5.41) is 9.05. The van der Waals surface area contributed by atoms with Crippen molar-refractivity contribution < 1.29 is 9.84 Å². The molecule has 1 heterocycles. The number of ether oxygens (including phenoxy) is 1. The minimum Gasteiger partial charge on any atom is -0.481 e. The molecule has 1 aliphatic heterocycles. The van der Waals surface area contributed by atoms with Crippen molar-refractivity contribution in [3.8, 4) is 0 Å². The summed E-state index contributed by atoms with van der Waals surface area (Å²) in [7, 11) is 0. The number of aliphatic hydroxyl groups is 1. The Labute approximate surface area is 70.5 Å². The highest BCUT2D eigenvalue weighted by Crippen LogP contribution is 2.22. The van der Waals surface area contributed by atoms with E-state index < -0.39 is 0 Å². The first-order chi connectivity index (χ1) is 5.86. The molecule has 60 valence electrons. The Morgan fingerprint density at radius 1 is 1.00 bits per heavy atom. The minimum absolute atomic E-state index is 0.0614. The highest BCUT2D eigenvalue weighted by atomic mass is 16.6. The fourth-order valence-corrected chi connectivity index (χ4v) is 1.08. The summed E-state index contributed by atoms with van der Waals surface area (Å²) in [5.41, 5.74) is 0.970. The maximum Gasteiger partial charge on any atom is 0.282 e. The summed E-state index contributed by atoms with van der Waals surface area (Å²) < 4.78 is 5.08. The molecule has 0 atom stereocenters. The highest BCUT2D eigenvalue weighted by Gasteiger charge is 2.10. The number of fused-ring (bicyclic) bond motifs is 1. The van der Waals surface area contributed by atoms with Gasteiger partial charge in [-0.25, -0.2) is 0 Å². The predicted molar refractivity (Wildman–Crippen MR) is 46.2 cm³/mol. The molecule has 0 fully saturated rings. The van der Waals surface area contributed by atoms with Crippen molar-refractivity contribution in [1.82, 2.24) is 0 Å². The van der Waals surface area contributed by atoms with Crippen LogP contribution in [0.3, 0.4) is 0 Å². The molecule has 0 bridgehead atoms. The fraction of sp³-hybridized carbons (Fsp3) is 0.